The molecule has 5 heteroatoms. The van der Waals surface area contributed by atoms with Crippen LogP contribution in [0.25, 0.3) is 10.9 Å². The smallest absolute Gasteiger partial charge is 0.127 e. The molecule has 3 unspecified atom stereocenters. The van der Waals surface area contributed by atoms with E-state index in [0.29, 0.717) is 23.2 Å². The van der Waals surface area contributed by atoms with Crippen molar-refractivity contribution < 1.29 is 4.74 Å². The predicted molar refractivity (Wildman–Crippen MR) is 87.6 cm³/mol. The van der Waals surface area contributed by atoms with Gasteiger partial charge in [0.2, 0.25) is 0 Å². The molecule has 2 fully saturated rings. The van der Waals surface area contributed by atoms with Gasteiger partial charge >= 0.3 is 0 Å². The third kappa shape index (κ3) is 2.26. The van der Waals surface area contributed by atoms with Gasteiger partial charge in [0.1, 0.15) is 10.8 Å². The maximum Gasteiger partial charge on any atom is 0.127 e. The summed E-state index contributed by atoms with van der Waals surface area (Å²) in [6, 6.07) is 10.2. The maximum atomic E-state index is 5.88. The number of hydrogen-bond donors (Lipinski definition) is 2. The number of pyridine rings is 1. The molecule has 4 nitrogen and oxygen atoms in total. The number of aromatic nitrogens is 1. The quantitative estimate of drug-likeness (QED) is 0.853. The summed E-state index contributed by atoms with van der Waals surface area (Å²) in [6.45, 7) is 0. The summed E-state index contributed by atoms with van der Waals surface area (Å²) in [5.41, 5.74) is 7.66. The molecule has 2 aromatic rings. The first-order valence-corrected chi connectivity index (χ1v) is 7.73. The van der Waals surface area contributed by atoms with E-state index >= 15 is 0 Å². The molecule has 2 bridgehead atoms. The monoisotopic (exact) mass is 299 g/mol. The average molecular weight is 299 g/mol. The van der Waals surface area contributed by atoms with Crippen molar-refractivity contribution in [2.75, 3.05) is 5.32 Å². The van der Waals surface area contributed by atoms with Gasteiger partial charge in [-0.1, -0.05) is 30.4 Å². The fourth-order valence-electron chi connectivity index (χ4n) is 3.43. The Morgan fingerprint density at radius 2 is 2.19 bits per heavy atom. The largest absolute Gasteiger partial charge is 0.389 e. The van der Waals surface area contributed by atoms with E-state index in [0.717, 1.165) is 35.1 Å². The Morgan fingerprint density at radius 3 is 2.90 bits per heavy atom. The van der Waals surface area contributed by atoms with E-state index in [1.807, 2.05) is 30.3 Å². The zero-order valence-electron chi connectivity index (χ0n) is 11.6. The van der Waals surface area contributed by atoms with Crippen LogP contribution in [0.1, 0.15) is 24.8 Å². The Hall–Kier alpha value is -1.72. The van der Waals surface area contributed by atoms with E-state index in [1.165, 1.54) is 6.42 Å². The lowest BCUT2D eigenvalue weighted by Crippen LogP contribution is -2.31. The summed E-state index contributed by atoms with van der Waals surface area (Å²) >= 11 is 5.18. The Kier molecular flexibility index (Phi) is 3.05. The molecular weight excluding hydrogens is 282 g/mol. The van der Waals surface area contributed by atoms with Crippen molar-refractivity contribution in [3.8, 4) is 0 Å². The number of nitrogens with two attached hydrogens (primary N) is 1. The van der Waals surface area contributed by atoms with Gasteiger partial charge in [-0.2, -0.15) is 0 Å². The Morgan fingerprint density at radius 1 is 1.33 bits per heavy atom. The van der Waals surface area contributed by atoms with Crippen molar-refractivity contribution in [1.82, 2.24) is 4.98 Å². The Labute approximate surface area is 128 Å². The molecule has 108 valence electrons. The van der Waals surface area contributed by atoms with Crippen LogP contribution < -0.4 is 11.1 Å². The standard InChI is InChI=1S/C16H17N3OS/c17-16(21)11-8-15(18-12-4-2-1-3-10(11)12)19-13-7-9-5-6-14(13)20-9/h1-4,8-9,13-14H,5-7H2,(H2,17,21)(H,18,19). The number of anilines is 1. The van der Waals surface area contributed by atoms with E-state index < -0.39 is 0 Å². The number of para-hydroxylation sites is 1. The van der Waals surface area contributed by atoms with Gasteiger partial charge in [0, 0.05) is 10.9 Å². The van der Waals surface area contributed by atoms with Gasteiger partial charge in [-0.15, -0.1) is 0 Å². The fraction of sp³-hybridized carbons (Fsp3) is 0.375. The van der Waals surface area contributed by atoms with Crippen LogP contribution in [0.15, 0.2) is 30.3 Å². The molecule has 3 heterocycles. The van der Waals surface area contributed by atoms with Crippen molar-refractivity contribution in [1.29, 1.82) is 0 Å². The highest BCUT2D eigenvalue weighted by Gasteiger charge is 2.40. The fourth-order valence-corrected chi connectivity index (χ4v) is 3.60. The summed E-state index contributed by atoms with van der Waals surface area (Å²) in [5.74, 6) is 0.831. The number of hydrogen-bond acceptors (Lipinski definition) is 4. The molecule has 4 rings (SSSR count). The minimum absolute atomic E-state index is 0.316. The molecule has 2 aliphatic heterocycles. The molecule has 1 aromatic carbocycles. The van der Waals surface area contributed by atoms with Crippen molar-refractivity contribution in [3.05, 3.63) is 35.9 Å². The average Bonchev–Trinajstić information content (AvgIpc) is 3.09. The molecule has 0 amide bonds. The number of rotatable bonds is 3. The van der Waals surface area contributed by atoms with Gasteiger partial charge in [0.25, 0.3) is 0 Å². The highest BCUT2D eigenvalue weighted by Crippen LogP contribution is 2.36. The third-order valence-electron chi connectivity index (χ3n) is 4.42. The summed E-state index contributed by atoms with van der Waals surface area (Å²) < 4.78 is 5.88. The Bertz CT molecular complexity index is 718. The van der Waals surface area contributed by atoms with Crippen LogP contribution in [0.4, 0.5) is 5.82 Å². The van der Waals surface area contributed by atoms with E-state index in [1.54, 1.807) is 0 Å². The van der Waals surface area contributed by atoms with Crippen molar-refractivity contribution in [3.63, 3.8) is 0 Å². The minimum atomic E-state index is 0.316. The second-order valence-corrected chi connectivity index (χ2v) is 6.24. The van der Waals surface area contributed by atoms with Gasteiger partial charge < -0.3 is 15.8 Å². The summed E-state index contributed by atoms with van der Waals surface area (Å²) in [5, 5.41) is 4.51. The molecule has 0 radical (unpaired) electrons. The van der Waals surface area contributed by atoms with Crippen LogP contribution >= 0.6 is 12.2 Å². The molecule has 0 spiro atoms. The first kappa shape index (κ1) is 13.0. The summed E-state index contributed by atoms with van der Waals surface area (Å²) in [7, 11) is 0. The molecule has 1 aromatic heterocycles. The van der Waals surface area contributed by atoms with Gasteiger partial charge in [0.15, 0.2) is 0 Å². The zero-order valence-corrected chi connectivity index (χ0v) is 12.4. The number of fused-ring (bicyclic) bond motifs is 3. The number of benzene rings is 1. The van der Waals surface area contributed by atoms with E-state index in [-0.39, 0.29) is 0 Å². The lowest BCUT2D eigenvalue weighted by Gasteiger charge is -2.21. The Balaban J connectivity index is 1.70. The topological polar surface area (TPSA) is 60.2 Å². The predicted octanol–water partition coefficient (Wildman–Crippen LogP) is 2.60. The zero-order chi connectivity index (χ0) is 14.4. The molecule has 2 saturated heterocycles. The molecule has 0 aliphatic carbocycles. The van der Waals surface area contributed by atoms with Gasteiger partial charge in [-0.25, -0.2) is 4.98 Å². The molecule has 2 aliphatic rings. The third-order valence-corrected chi connectivity index (χ3v) is 4.64. The van der Waals surface area contributed by atoms with E-state index in [4.69, 9.17) is 22.7 Å². The van der Waals surface area contributed by atoms with Crippen LogP contribution in [-0.2, 0) is 4.74 Å². The first-order chi connectivity index (χ1) is 10.2. The highest BCUT2D eigenvalue weighted by atomic mass is 32.1. The first-order valence-electron chi connectivity index (χ1n) is 7.32. The number of nitrogens with zero attached hydrogens (tertiary/aromatic N) is 1. The summed E-state index contributed by atoms with van der Waals surface area (Å²) in [4.78, 5) is 5.09. The second kappa shape index (κ2) is 4.93. The van der Waals surface area contributed by atoms with Crippen LogP contribution in [-0.4, -0.2) is 28.2 Å². The SMILES string of the molecule is NC(=S)c1cc(NC2CC3CCC2O3)nc2ccccc12. The van der Waals surface area contributed by atoms with Crippen molar-refractivity contribution in [2.24, 2.45) is 5.73 Å². The molecule has 21 heavy (non-hydrogen) atoms. The molecular formula is C16H17N3OS. The van der Waals surface area contributed by atoms with Crippen LogP contribution in [0.2, 0.25) is 0 Å². The van der Waals surface area contributed by atoms with Crippen LogP contribution in [0.5, 0.6) is 0 Å². The molecule has 3 N–H and O–H groups in total. The number of nitrogens with one attached hydrogen (secondary N) is 1. The van der Waals surface area contributed by atoms with Crippen LogP contribution in [0, 0.1) is 0 Å². The second-order valence-electron chi connectivity index (χ2n) is 5.80. The van der Waals surface area contributed by atoms with E-state index in [9.17, 15) is 0 Å². The summed E-state index contributed by atoms with van der Waals surface area (Å²) in [6.07, 6.45) is 4.12. The highest BCUT2D eigenvalue weighted by molar-refractivity contribution is 7.80. The van der Waals surface area contributed by atoms with Gasteiger partial charge in [0.05, 0.1) is 23.8 Å². The normalized spacial score (nSPS) is 27.1. The number of ether oxygens (including phenoxy) is 1. The van der Waals surface area contributed by atoms with Crippen molar-refractivity contribution >= 4 is 33.9 Å². The van der Waals surface area contributed by atoms with Gasteiger partial charge in [-0.3, -0.25) is 0 Å². The maximum absolute atomic E-state index is 5.88. The minimum Gasteiger partial charge on any atom is -0.389 e. The van der Waals surface area contributed by atoms with Crippen molar-refractivity contribution in [2.45, 2.75) is 37.5 Å². The van der Waals surface area contributed by atoms with E-state index in [2.05, 4.69) is 10.3 Å². The molecule has 0 saturated carbocycles. The lowest BCUT2D eigenvalue weighted by atomic mass is 9.95. The number of thiocarbonyl (C=S) groups is 1. The van der Waals surface area contributed by atoms with Crippen LogP contribution in [0.3, 0.4) is 0 Å². The van der Waals surface area contributed by atoms with Gasteiger partial charge in [-0.05, 0) is 31.4 Å². The molecule has 3 atom stereocenters. The lowest BCUT2D eigenvalue weighted by molar-refractivity contribution is 0.102.